The van der Waals surface area contributed by atoms with Crippen LogP contribution in [0.2, 0.25) is 20.1 Å². The summed E-state index contributed by atoms with van der Waals surface area (Å²) in [5.74, 6) is -2.83. The lowest BCUT2D eigenvalue weighted by Gasteiger charge is -2.05. The summed E-state index contributed by atoms with van der Waals surface area (Å²) in [5.41, 5.74) is -1.88. The smallest absolute Gasteiger partial charge is 0.386 e. The van der Waals surface area contributed by atoms with Crippen molar-refractivity contribution in [3.05, 3.63) is 94.9 Å². The minimum Gasteiger partial charge on any atom is -0.386 e. The van der Waals surface area contributed by atoms with Crippen molar-refractivity contribution >= 4 is 145 Å². The summed E-state index contributed by atoms with van der Waals surface area (Å²) in [6.45, 7) is 0. The van der Waals surface area contributed by atoms with Gasteiger partial charge in [0, 0.05) is 0 Å². The molecule has 5 rings (SSSR count). The zero-order valence-electron chi connectivity index (χ0n) is 19.9. The number of nitrogens with one attached hydrogen (secondary N) is 1. The van der Waals surface area contributed by atoms with Gasteiger partial charge in [-0.2, -0.15) is 15.6 Å². The zero-order valence-corrected chi connectivity index (χ0v) is 30.1. The van der Waals surface area contributed by atoms with Crippen molar-refractivity contribution in [3.8, 4) is 0 Å². The maximum atomic E-state index is 11.3. The Hall–Kier alpha value is -1.92. The van der Waals surface area contributed by atoms with Crippen LogP contribution in [0.5, 0.6) is 0 Å². The van der Waals surface area contributed by atoms with Gasteiger partial charge in [0.1, 0.15) is 0 Å². The summed E-state index contributed by atoms with van der Waals surface area (Å²) >= 11 is 34.5. The third-order valence-corrected chi connectivity index (χ3v) is 9.32. The maximum absolute atomic E-state index is 11.3. The predicted molar refractivity (Wildman–Crippen MR) is 166 cm³/mol. The largest absolute Gasteiger partial charge is 0.394 e. The van der Waals surface area contributed by atoms with Crippen molar-refractivity contribution in [2.45, 2.75) is 0 Å². The van der Waals surface area contributed by atoms with Gasteiger partial charge in [0.05, 0.1) is 83.6 Å². The fourth-order valence-corrected chi connectivity index (χ4v) is 5.48. The Balaban J connectivity index is 0.000000216. The van der Waals surface area contributed by atoms with E-state index in [0.717, 1.165) is 0 Å². The highest BCUT2D eigenvalue weighted by Gasteiger charge is 2.37. The maximum Gasteiger partial charge on any atom is 0.394 e. The van der Waals surface area contributed by atoms with Crippen molar-refractivity contribution in [1.29, 1.82) is 0 Å². The summed E-state index contributed by atoms with van der Waals surface area (Å²) < 4.78 is 42.1. The number of nitrogens with zero attached hydrogens (tertiary/aromatic N) is 2. The average Bonchev–Trinajstić information content (AvgIpc) is 3.36. The van der Waals surface area contributed by atoms with E-state index in [9.17, 15) is 33.6 Å². The molecule has 0 unspecified atom stereocenters. The van der Waals surface area contributed by atoms with Crippen LogP contribution < -0.4 is 17.1 Å². The number of H-pyrrole nitrogens is 1. The summed E-state index contributed by atoms with van der Waals surface area (Å²) in [6, 6.07) is 2.65. The molecule has 44 heavy (non-hydrogen) atoms. The summed E-state index contributed by atoms with van der Waals surface area (Å²) in [5, 5.41) is 0.780. The number of carbonyl (C=O) groups is 4. The zero-order chi connectivity index (χ0) is 34.0. The van der Waals surface area contributed by atoms with Crippen molar-refractivity contribution in [2.75, 3.05) is 0 Å². The van der Waals surface area contributed by atoms with Crippen molar-refractivity contribution in [3.63, 3.8) is 0 Å². The molecule has 0 atom stereocenters. The fourth-order valence-electron chi connectivity index (χ4n) is 2.72. The molecule has 0 bridgehead atoms. The van der Waals surface area contributed by atoms with E-state index in [1.807, 2.05) is 4.98 Å². The number of aromatic nitrogens is 3. The molecule has 16 nitrogen and oxygen atoms in total. The molecule has 1 aromatic heterocycles. The number of benzene rings is 2. The van der Waals surface area contributed by atoms with Gasteiger partial charge in [-0.05, 0) is 44.0 Å². The molecule has 0 aliphatic carbocycles. The second-order valence-electron chi connectivity index (χ2n) is 7.20. The molecular weight excluding hydrogens is 972 g/mol. The molecule has 25 heteroatoms. The van der Waals surface area contributed by atoms with Crippen LogP contribution in [0.1, 0.15) is 41.4 Å². The number of aromatic amines is 1. The number of rotatable bonds is 0. The highest BCUT2D eigenvalue weighted by Crippen LogP contribution is 2.44. The third-order valence-electron chi connectivity index (χ3n) is 4.45. The lowest BCUT2D eigenvalue weighted by molar-refractivity contribution is 0.0425. The topological polar surface area (TPSA) is 238 Å². The van der Waals surface area contributed by atoms with Gasteiger partial charge in [-0.25, -0.2) is 33.6 Å². The van der Waals surface area contributed by atoms with Gasteiger partial charge in [-0.3, -0.25) is 14.1 Å². The lowest BCUT2D eigenvalue weighted by Crippen LogP contribution is -2.42. The standard InChI is InChI=1S/C8Br2Cl2O3.C8H2Cl2O3.C3HBr2N3O3.H2O4S/c9-3-1-2(8(14)15-7(1)13)4(10)6(12)5(3)11;9-5-1-3-4(2-6(5)10)8(12)13-7(3)11;4-7-1(9)6-2(10)8(5)3(7)11;1-5(2,3)4/h;1-2H;(H,6,9,10);(H2,1,2,3,4). The third kappa shape index (κ3) is 9.09. The van der Waals surface area contributed by atoms with Crippen molar-refractivity contribution in [1.82, 2.24) is 12.2 Å². The van der Waals surface area contributed by atoms with Crippen LogP contribution in [0, 0.1) is 0 Å². The van der Waals surface area contributed by atoms with Crippen LogP contribution in [0.15, 0.2) is 35.5 Å². The first-order valence-corrected chi connectivity index (χ1v) is 15.9. The van der Waals surface area contributed by atoms with E-state index >= 15 is 0 Å². The van der Waals surface area contributed by atoms with Gasteiger partial charge >= 0.3 is 51.3 Å². The molecule has 0 saturated heterocycles. The van der Waals surface area contributed by atoms with Crippen LogP contribution >= 0.6 is 111 Å². The summed E-state index contributed by atoms with van der Waals surface area (Å²) in [7, 11) is -4.67. The van der Waals surface area contributed by atoms with E-state index in [2.05, 4.69) is 73.6 Å². The molecule has 0 fully saturated rings. The molecule has 2 aliphatic heterocycles. The second-order valence-corrected chi connectivity index (χ2v) is 12.7. The minimum atomic E-state index is -4.67. The number of ether oxygens (including phenoxy) is 2. The predicted octanol–water partition coefficient (Wildman–Crippen LogP) is 4.49. The fraction of sp³-hybridized carbons (Fsp3) is 0. The number of halogens is 8. The van der Waals surface area contributed by atoms with Gasteiger partial charge < -0.3 is 9.47 Å². The Kier molecular flexibility index (Phi) is 13.1. The molecule has 0 radical (unpaired) electrons. The Morgan fingerprint density at radius 2 is 0.955 bits per heavy atom. The Morgan fingerprint density at radius 3 is 1.27 bits per heavy atom. The van der Waals surface area contributed by atoms with Crippen LogP contribution in [-0.4, -0.2) is 53.6 Å². The second kappa shape index (κ2) is 15.1. The molecule has 0 amide bonds. The monoisotopic (exact) mass is 971 g/mol. The van der Waals surface area contributed by atoms with Gasteiger partial charge in [0.25, 0.3) is 0 Å². The normalized spacial score (nSPS) is 12.9. The van der Waals surface area contributed by atoms with E-state index in [0.29, 0.717) is 7.19 Å². The minimum absolute atomic E-state index is 0.0984. The number of esters is 4. The SMILES string of the molecule is O=C1OC(=O)c2c(Br)c(Cl)c(Cl)c(Br)c21.O=C1OC(=O)c2cc(Cl)c(Cl)cc21.O=S(=O)(O)O.O=c1[nH]c(=O)n(Br)c(=O)n1Br. The van der Waals surface area contributed by atoms with Gasteiger partial charge in [-0.1, -0.05) is 46.4 Å². The molecule has 3 heterocycles. The highest BCUT2D eigenvalue weighted by molar-refractivity contribution is 9.11. The van der Waals surface area contributed by atoms with E-state index in [1.165, 1.54) is 12.1 Å². The quantitative estimate of drug-likeness (QED) is 0.0927. The Bertz CT molecular complexity index is 1920. The Morgan fingerprint density at radius 1 is 0.659 bits per heavy atom. The number of carbonyl (C=O) groups excluding carboxylic acids is 4. The molecular formula is C19H5Br4Cl4N3O13S. The molecule has 2 aliphatic rings. The van der Waals surface area contributed by atoms with E-state index in [-0.39, 0.29) is 51.3 Å². The first kappa shape index (κ1) is 38.3. The molecule has 236 valence electrons. The van der Waals surface area contributed by atoms with Crippen LogP contribution in [0.3, 0.4) is 0 Å². The molecule has 0 saturated carbocycles. The molecule has 3 aromatic rings. The first-order valence-electron chi connectivity index (χ1n) is 9.96. The van der Waals surface area contributed by atoms with Gasteiger partial charge in [0.2, 0.25) is 0 Å². The molecule has 0 spiro atoms. The van der Waals surface area contributed by atoms with Crippen LogP contribution in [0.4, 0.5) is 0 Å². The van der Waals surface area contributed by atoms with Crippen molar-refractivity contribution in [2.24, 2.45) is 0 Å². The average molecular weight is 977 g/mol. The summed E-state index contributed by atoms with van der Waals surface area (Å²) in [4.78, 5) is 78.6. The molecule has 3 N–H and O–H groups in total. The van der Waals surface area contributed by atoms with E-state index in [1.54, 1.807) is 0 Å². The number of cyclic esters (lactones) is 4. The van der Waals surface area contributed by atoms with Gasteiger partial charge in [-0.15, -0.1) is 0 Å². The van der Waals surface area contributed by atoms with E-state index < -0.39 is 51.3 Å². The number of hydrogen-bond donors (Lipinski definition) is 3. The van der Waals surface area contributed by atoms with E-state index in [4.69, 9.17) is 63.9 Å². The first-order chi connectivity index (χ1) is 20.1. The summed E-state index contributed by atoms with van der Waals surface area (Å²) in [6.07, 6.45) is 0. The number of fused-ring (bicyclic) bond motifs is 2. The van der Waals surface area contributed by atoms with Crippen LogP contribution in [0.25, 0.3) is 0 Å². The van der Waals surface area contributed by atoms with Crippen molar-refractivity contribution < 1.29 is 46.2 Å². The lowest BCUT2D eigenvalue weighted by atomic mass is 10.1. The van der Waals surface area contributed by atoms with Gasteiger partial charge in [0.15, 0.2) is 0 Å². The Labute approximate surface area is 295 Å². The van der Waals surface area contributed by atoms with Crippen LogP contribution in [-0.2, 0) is 19.9 Å². The molecule has 2 aromatic carbocycles. The highest BCUT2D eigenvalue weighted by atomic mass is 79.9. The number of hydrogen-bond acceptors (Lipinski definition) is 11.